The maximum absolute atomic E-state index is 12.4. The van der Waals surface area contributed by atoms with Gasteiger partial charge >= 0.3 is 5.97 Å². The van der Waals surface area contributed by atoms with Crippen LogP contribution in [0.1, 0.15) is 27.0 Å². The second-order valence-electron chi connectivity index (χ2n) is 6.92. The highest BCUT2D eigenvalue weighted by atomic mass is 79.9. The molecule has 3 aromatic carbocycles. The molecule has 1 heterocycles. The lowest BCUT2D eigenvalue weighted by Gasteiger charge is -2.39. The third-order valence-corrected chi connectivity index (χ3v) is 9.61. The predicted octanol–water partition coefficient (Wildman–Crippen LogP) is 8.85. The first-order valence-corrected chi connectivity index (χ1v) is 13.4. The Hall–Kier alpha value is -0.430. The highest BCUT2D eigenvalue weighted by Crippen LogP contribution is 2.61. The molecule has 1 aliphatic rings. The summed E-state index contributed by atoms with van der Waals surface area (Å²) in [7, 11) is 0. The number of hydrogen-bond acceptors (Lipinski definition) is 5. The Labute approximate surface area is 244 Å². The molecule has 0 saturated heterocycles. The van der Waals surface area contributed by atoms with Crippen molar-refractivity contribution in [3.63, 3.8) is 0 Å². The molecule has 3 aromatic rings. The van der Waals surface area contributed by atoms with Gasteiger partial charge < -0.3 is 25.2 Å². The fourth-order valence-corrected chi connectivity index (χ4v) is 7.08. The summed E-state index contributed by atoms with van der Waals surface area (Å²) < 4.78 is 6.28. The fraction of sp³-hybridized carbons (Fsp3) is 0.0500. The van der Waals surface area contributed by atoms with E-state index in [0.29, 0.717) is 0 Å². The summed E-state index contributed by atoms with van der Waals surface area (Å²) in [6, 6.07) is 2.65. The van der Waals surface area contributed by atoms with Crippen LogP contribution in [0.15, 0.2) is 30.0 Å². The minimum Gasteiger partial charge on any atom is -0.505 e. The van der Waals surface area contributed by atoms with Crippen LogP contribution in [-0.2, 0) is 5.60 Å². The predicted molar refractivity (Wildman–Crippen MR) is 143 cm³/mol. The van der Waals surface area contributed by atoms with Crippen molar-refractivity contribution in [2.75, 3.05) is 0 Å². The van der Waals surface area contributed by atoms with Crippen molar-refractivity contribution in [2.45, 2.75) is 5.60 Å². The topological polar surface area (TPSA) is 107 Å². The first kappa shape index (κ1) is 26.6. The van der Waals surface area contributed by atoms with Gasteiger partial charge in [0.25, 0.3) is 0 Å². The van der Waals surface area contributed by atoms with Crippen LogP contribution in [0.4, 0.5) is 0 Å². The SMILES string of the molecule is O=C(O)c1c(Cl)c(Cl)c(Cl)c(Cl)c1C1(O)c2cc(Br)c(O)c(Br)c2Oc2c1cc(Br)c(O)c2Br. The zero-order chi connectivity index (χ0) is 25.4. The number of rotatable bonds is 2. The summed E-state index contributed by atoms with van der Waals surface area (Å²) in [5.74, 6) is -2.25. The molecule has 0 amide bonds. The Morgan fingerprint density at radius 1 is 0.794 bits per heavy atom. The fourth-order valence-electron chi connectivity index (χ4n) is 3.61. The lowest BCUT2D eigenvalue weighted by molar-refractivity contribution is 0.0675. The van der Waals surface area contributed by atoms with Gasteiger partial charge in [0.05, 0.1) is 34.6 Å². The highest BCUT2D eigenvalue weighted by Gasteiger charge is 2.50. The van der Waals surface area contributed by atoms with Crippen LogP contribution in [0, 0.1) is 0 Å². The number of carboxylic acid groups (broad SMARTS) is 1. The minimum absolute atomic E-state index is 0.0226. The van der Waals surface area contributed by atoms with E-state index in [1.165, 1.54) is 12.1 Å². The first-order valence-electron chi connectivity index (χ1n) is 8.67. The maximum Gasteiger partial charge on any atom is 0.337 e. The number of aromatic hydroxyl groups is 2. The number of phenolic OH excluding ortho intramolecular Hbond substituents is 2. The van der Waals surface area contributed by atoms with Gasteiger partial charge in [-0.15, -0.1) is 0 Å². The molecule has 0 fully saturated rings. The number of carbonyl (C=O) groups is 1. The summed E-state index contributed by atoms with van der Waals surface area (Å²) in [6.45, 7) is 0. The Balaban J connectivity index is 2.32. The van der Waals surface area contributed by atoms with E-state index in [2.05, 4.69) is 63.7 Å². The Morgan fingerprint density at radius 3 is 1.62 bits per heavy atom. The number of aromatic carboxylic acids is 1. The second-order valence-corrected chi connectivity index (χ2v) is 11.7. The summed E-state index contributed by atoms with van der Waals surface area (Å²) >= 11 is 38.1. The van der Waals surface area contributed by atoms with E-state index in [4.69, 9.17) is 51.1 Å². The molecule has 0 radical (unpaired) electrons. The van der Waals surface area contributed by atoms with Crippen molar-refractivity contribution in [3.05, 3.63) is 72.4 Å². The number of ether oxygens (including phenoxy) is 1. The molecule has 1 aliphatic heterocycles. The van der Waals surface area contributed by atoms with Gasteiger partial charge in [0.1, 0.15) is 26.0 Å². The van der Waals surface area contributed by atoms with E-state index in [9.17, 15) is 25.2 Å². The van der Waals surface area contributed by atoms with Crippen molar-refractivity contribution in [1.29, 1.82) is 0 Å². The van der Waals surface area contributed by atoms with Crippen LogP contribution in [-0.4, -0.2) is 26.4 Å². The van der Waals surface area contributed by atoms with Gasteiger partial charge in [-0.25, -0.2) is 4.79 Å². The molecule has 0 saturated carbocycles. The van der Waals surface area contributed by atoms with Gasteiger partial charge in [0.2, 0.25) is 0 Å². The largest absolute Gasteiger partial charge is 0.505 e. The van der Waals surface area contributed by atoms with E-state index >= 15 is 0 Å². The lowest BCUT2D eigenvalue weighted by atomic mass is 9.76. The van der Waals surface area contributed by atoms with Crippen molar-refractivity contribution < 1.29 is 30.0 Å². The van der Waals surface area contributed by atoms with Crippen LogP contribution in [0.5, 0.6) is 23.0 Å². The molecule has 6 nitrogen and oxygen atoms in total. The van der Waals surface area contributed by atoms with Crippen LogP contribution in [0.25, 0.3) is 0 Å². The minimum atomic E-state index is -2.39. The van der Waals surface area contributed by atoms with Gasteiger partial charge in [-0.1, -0.05) is 46.4 Å². The summed E-state index contributed by atoms with van der Waals surface area (Å²) in [6.07, 6.45) is 0. The summed E-state index contributed by atoms with van der Waals surface area (Å²) in [5, 5.41) is 41.9. The van der Waals surface area contributed by atoms with Crippen molar-refractivity contribution in [3.8, 4) is 23.0 Å². The van der Waals surface area contributed by atoms with E-state index in [1.807, 2.05) is 0 Å². The Kier molecular flexibility index (Phi) is 7.16. The third-order valence-electron chi connectivity index (χ3n) is 5.12. The van der Waals surface area contributed by atoms with Crippen molar-refractivity contribution in [2.24, 2.45) is 0 Å². The lowest BCUT2D eigenvalue weighted by Crippen LogP contribution is -2.35. The molecule has 4 N–H and O–H groups in total. The zero-order valence-electron chi connectivity index (χ0n) is 15.8. The van der Waals surface area contributed by atoms with E-state index < -0.39 is 27.7 Å². The number of carboxylic acids is 1. The van der Waals surface area contributed by atoms with E-state index in [-0.39, 0.29) is 67.1 Å². The highest BCUT2D eigenvalue weighted by molar-refractivity contribution is 9.11. The second kappa shape index (κ2) is 9.15. The molecule has 34 heavy (non-hydrogen) atoms. The van der Waals surface area contributed by atoms with E-state index in [0.717, 1.165) is 0 Å². The smallest absolute Gasteiger partial charge is 0.337 e. The number of fused-ring (bicyclic) bond motifs is 2. The molecule has 0 bridgehead atoms. The number of phenols is 2. The quantitative estimate of drug-likeness (QED) is 0.153. The van der Waals surface area contributed by atoms with Gasteiger partial charge in [-0.05, 0) is 75.9 Å². The monoisotopic (exact) mass is 798 g/mol. The van der Waals surface area contributed by atoms with E-state index in [1.54, 1.807) is 0 Å². The van der Waals surface area contributed by atoms with Gasteiger partial charge in [-0.3, -0.25) is 0 Å². The maximum atomic E-state index is 12.4. The number of benzene rings is 3. The molecule has 0 aromatic heterocycles. The van der Waals surface area contributed by atoms with Crippen molar-refractivity contribution in [1.82, 2.24) is 0 Å². The number of halogens is 8. The normalized spacial score (nSPS) is 13.8. The summed E-state index contributed by atoms with van der Waals surface area (Å²) in [5.41, 5.74) is -3.45. The molecule has 0 atom stereocenters. The Bertz CT molecular complexity index is 1380. The van der Waals surface area contributed by atoms with Gasteiger partial charge in [0.15, 0.2) is 11.5 Å². The zero-order valence-corrected chi connectivity index (χ0v) is 25.2. The molecule has 0 spiro atoms. The van der Waals surface area contributed by atoms with Gasteiger partial charge in [-0.2, -0.15) is 0 Å². The first-order chi connectivity index (χ1) is 15.7. The van der Waals surface area contributed by atoms with Crippen LogP contribution in [0.2, 0.25) is 20.1 Å². The standard InChI is InChI=1S/C20H6Br4Cl4O6/c21-5-1-3-17(9(23)15(5)29)34-18-4(2-6(22)16(30)10(18)24)20(3,33)8-7(19(31)32)11(25)13(27)14(28)12(8)26/h1-2,29-30,33H,(H,31,32). The average Bonchev–Trinajstić information content (AvgIpc) is 2.78. The molecule has 178 valence electrons. The molecule has 14 heteroatoms. The molecule has 0 aliphatic carbocycles. The Morgan fingerprint density at radius 2 is 1.21 bits per heavy atom. The molecular formula is C20H6Br4Cl4O6. The molecule has 4 rings (SSSR count). The molecule has 0 unspecified atom stereocenters. The van der Waals surface area contributed by atoms with Crippen LogP contribution < -0.4 is 4.74 Å². The van der Waals surface area contributed by atoms with Crippen molar-refractivity contribution >= 4 is 116 Å². The van der Waals surface area contributed by atoms with Crippen LogP contribution >= 0.6 is 110 Å². The summed E-state index contributed by atoms with van der Waals surface area (Å²) in [4.78, 5) is 12.3. The van der Waals surface area contributed by atoms with Gasteiger partial charge in [0, 0.05) is 16.7 Å². The molecular weight excluding hydrogens is 798 g/mol. The third kappa shape index (κ3) is 3.68. The van der Waals surface area contributed by atoms with Crippen LogP contribution in [0.3, 0.4) is 0 Å². The number of aliphatic hydroxyl groups is 1. The average molecular weight is 804 g/mol. The number of hydrogen-bond donors (Lipinski definition) is 4.